The Hall–Kier alpha value is -3.34. The first-order valence-electron chi connectivity index (χ1n) is 30.5. The predicted octanol–water partition coefficient (Wildman–Crippen LogP) is 18.3. The van der Waals surface area contributed by atoms with E-state index in [1.54, 1.807) is 0 Å². The molecule has 438 valence electrons. The third-order valence-electron chi connectivity index (χ3n) is 12.8. The van der Waals surface area contributed by atoms with Gasteiger partial charge in [-0.1, -0.05) is 241 Å². The minimum absolute atomic E-state index is 0.149. The summed E-state index contributed by atoms with van der Waals surface area (Å²) in [5.74, 6) is -1.49. The van der Waals surface area contributed by atoms with E-state index in [4.69, 9.17) is 23.3 Å². The van der Waals surface area contributed by atoms with Crippen molar-refractivity contribution in [1.29, 1.82) is 0 Å². The van der Waals surface area contributed by atoms with E-state index in [1.807, 2.05) is 0 Å². The van der Waals surface area contributed by atoms with Crippen LogP contribution in [0, 0.1) is 0 Å². The van der Waals surface area contributed by atoms with Crippen molar-refractivity contribution in [1.82, 2.24) is 0 Å². The quantitative estimate of drug-likeness (QED) is 0.0197. The van der Waals surface area contributed by atoms with Crippen molar-refractivity contribution in [2.45, 2.75) is 277 Å². The summed E-state index contributed by atoms with van der Waals surface area (Å²) in [6, 6.07) is 0. The van der Waals surface area contributed by atoms with Gasteiger partial charge in [-0.05, 0) is 89.9 Å². The number of hydrogen-bond donors (Lipinski definition) is 2. The highest BCUT2D eigenvalue weighted by Gasteiger charge is 2.28. The summed E-state index contributed by atoms with van der Waals surface area (Å²) in [6.45, 7) is 4.41. The zero-order valence-corrected chi connectivity index (χ0v) is 49.3. The van der Waals surface area contributed by atoms with Gasteiger partial charge in [-0.2, -0.15) is 0 Å². The molecule has 0 radical (unpaired) electrons. The van der Waals surface area contributed by atoms with Crippen LogP contribution in [0.5, 0.6) is 0 Å². The van der Waals surface area contributed by atoms with Gasteiger partial charge in [0, 0.05) is 19.3 Å². The van der Waals surface area contributed by atoms with Crippen LogP contribution in [0.25, 0.3) is 0 Å². The molecule has 0 aromatic heterocycles. The Labute approximate surface area is 464 Å². The SMILES string of the molecule is CC/C=C\C/C=C\C/C=C\C/C=C\CCCCCCCCC(=O)OC(COC(=O)CCCCCCCCCCCCCCCCC)COP(=O)(O)OCC(CO)OC(=O)CCCCCCC/C=C\C/C=C\C/C=C\CC. The monoisotopic (exact) mass is 1090 g/mol. The normalized spacial score (nSPS) is 13.9. The molecule has 0 fully saturated rings. The largest absolute Gasteiger partial charge is 0.472 e. The third-order valence-corrected chi connectivity index (χ3v) is 13.8. The highest BCUT2D eigenvalue weighted by molar-refractivity contribution is 7.47. The molecule has 0 amide bonds. The fraction of sp³-hybridized carbons (Fsp3) is 0.734. The number of esters is 3. The van der Waals surface area contributed by atoms with Crippen molar-refractivity contribution in [3.05, 3.63) is 85.1 Å². The van der Waals surface area contributed by atoms with Gasteiger partial charge in [-0.25, -0.2) is 4.57 Å². The molecule has 11 nitrogen and oxygen atoms in total. The molecule has 76 heavy (non-hydrogen) atoms. The van der Waals surface area contributed by atoms with E-state index >= 15 is 0 Å². The Kier molecular flexibility index (Phi) is 55.3. The molecular weight excluding hydrogens is 976 g/mol. The van der Waals surface area contributed by atoms with Gasteiger partial charge in [0.25, 0.3) is 0 Å². The van der Waals surface area contributed by atoms with Crippen LogP contribution in [0.15, 0.2) is 85.1 Å². The molecule has 0 aliphatic carbocycles. The molecule has 3 unspecified atom stereocenters. The number of allylic oxidation sites excluding steroid dienone is 14. The lowest BCUT2D eigenvalue weighted by molar-refractivity contribution is -0.161. The average molecular weight is 1090 g/mol. The molecule has 0 aromatic carbocycles. The van der Waals surface area contributed by atoms with E-state index in [2.05, 4.69) is 106 Å². The summed E-state index contributed by atoms with van der Waals surface area (Å²) in [6.07, 6.45) is 66.7. The number of unbranched alkanes of at least 4 members (excludes halogenated alkanes) is 25. The van der Waals surface area contributed by atoms with Gasteiger partial charge >= 0.3 is 25.7 Å². The highest BCUT2D eigenvalue weighted by atomic mass is 31.2. The number of aliphatic hydroxyl groups is 1. The van der Waals surface area contributed by atoms with Crippen LogP contribution >= 0.6 is 7.82 Å². The second-order valence-electron chi connectivity index (χ2n) is 20.1. The van der Waals surface area contributed by atoms with Gasteiger partial charge in [0.1, 0.15) is 12.7 Å². The van der Waals surface area contributed by atoms with E-state index in [9.17, 15) is 28.9 Å². The number of carbonyl (C=O) groups is 3. The molecule has 12 heteroatoms. The summed E-state index contributed by atoms with van der Waals surface area (Å²) in [5.41, 5.74) is 0. The number of ether oxygens (including phenoxy) is 3. The van der Waals surface area contributed by atoms with Crippen molar-refractivity contribution < 1.29 is 52.2 Å². The molecular formula is C64H111O11P. The smallest absolute Gasteiger partial charge is 0.462 e. The summed E-state index contributed by atoms with van der Waals surface area (Å²) in [5, 5.41) is 9.83. The van der Waals surface area contributed by atoms with Crippen LogP contribution in [0.3, 0.4) is 0 Å². The molecule has 0 aromatic rings. The van der Waals surface area contributed by atoms with E-state index in [0.29, 0.717) is 19.3 Å². The number of phosphoric acid groups is 1. The zero-order valence-electron chi connectivity index (χ0n) is 48.5. The number of carbonyl (C=O) groups excluding carboxylic acids is 3. The number of phosphoric ester groups is 1. The second-order valence-corrected chi connectivity index (χ2v) is 21.6. The van der Waals surface area contributed by atoms with Crippen LogP contribution in [0.2, 0.25) is 0 Å². The summed E-state index contributed by atoms with van der Waals surface area (Å²) in [7, 11) is -4.76. The van der Waals surface area contributed by atoms with E-state index < -0.39 is 57.8 Å². The third kappa shape index (κ3) is 55.4. The minimum atomic E-state index is -4.76. The predicted molar refractivity (Wildman–Crippen MR) is 316 cm³/mol. The Balaban J connectivity index is 4.75. The van der Waals surface area contributed by atoms with Gasteiger partial charge in [0.15, 0.2) is 6.10 Å². The van der Waals surface area contributed by atoms with Crippen molar-refractivity contribution in [3.63, 3.8) is 0 Å². The maximum absolute atomic E-state index is 12.9. The fourth-order valence-corrected chi connectivity index (χ4v) is 9.03. The Morgan fingerprint density at radius 3 is 1.05 bits per heavy atom. The van der Waals surface area contributed by atoms with Gasteiger partial charge in [0.05, 0.1) is 19.8 Å². The van der Waals surface area contributed by atoms with Crippen LogP contribution in [-0.2, 0) is 42.2 Å². The van der Waals surface area contributed by atoms with E-state index in [1.165, 1.54) is 70.6 Å². The lowest BCUT2D eigenvalue weighted by atomic mass is 10.0. The lowest BCUT2D eigenvalue weighted by Crippen LogP contribution is -2.30. The summed E-state index contributed by atoms with van der Waals surface area (Å²) in [4.78, 5) is 48.7. The fourth-order valence-electron chi connectivity index (χ4n) is 8.25. The molecule has 3 atom stereocenters. The topological polar surface area (TPSA) is 155 Å². The van der Waals surface area contributed by atoms with Gasteiger partial charge in [-0.15, -0.1) is 0 Å². The molecule has 0 spiro atoms. The molecule has 0 aliphatic rings. The molecule has 2 N–H and O–H groups in total. The van der Waals surface area contributed by atoms with Crippen molar-refractivity contribution in [2.75, 3.05) is 26.4 Å². The average Bonchev–Trinajstić information content (AvgIpc) is 3.41. The molecule has 0 aliphatic heterocycles. The van der Waals surface area contributed by atoms with Crippen LogP contribution in [0.4, 0.5) is 0 Å². The van der Waals surface area contributed by atoms with Crippen molar-refractivity contribution in [3.8, 4) is 0 Å². The lowest BCUT2D eigenvalue weighted by Gasteiger charge is -2.21. The van der Waals surface area contributed by atoms with Crippen LogP contribution < -0.4 is 0 Å². The standard InChI is InChI=1S/C64H111O11P/c1-4-7-10-13-16-19-22-25-28-29-30-31-34-37-40-43-46-49-52-55-64(68)75-61(57-71-62(66)53-50-47-44-41-38-35-32-26-23-20-17-14-11-8-5-2)59-73-76(69,70)72-58-60(56-65)74-63(67)54-51-48-45-42-39-36-33-27-24-21-18-15-12-9-6-3/h7,9-10,12,16,18-19,21,25,27-28,30-31,33,60-61,65H,4-6,8,11,13-15,17,20,22-24,26,29,32,34-59H2,1-3H3,(H,69,70)/b10-7-,12-9-,19-16-,21-18-,28-25-,31-30-,33-27-. The van der Waals surface area contributed by atoms with Crippen LogP contribution in [0.1, 0.15) is 265 Å². The first-order valence-corrected chi connectivity index (χ1v) is 32.0. The second kappa shape index (κ2) is 57.8. The zero-order chi connectivity index (χ0) is 55.5. The Morgan fingerprint density at radius 2 is 0.684 bits per heavy atom. The summed E-state index contributed by atoms with van der Waals surface area (Å²) >= 11 is 0. The molecule has 0 bridgehead atoms. The molecule has 0 heterocycles. The number of rotatable bonds is 56. The highest BCUT2D eigenvalue weighted by Crippen LogP contribution is 2.43. The van der Waals surface area contributed by atoms with Crippen molar-refractivity contribution >= 4 is 25.7 Å². The van der Waals surface area contributed by atoms with E-state index in [-0.39, 0.29) is 25.9 Å². The summed E-state index contributed by atoms with van der Waals surface area (Å²) < 4.78 is 39.6. The van der Waals surface area contributed by atoms with Gasteiger partial charge in [-0.3, -0.25) is 23.4 Å². The number of aliphatic hydroxyl groups excluding tert-OH is 1. The van der Waals surface area contributed by atoms with Gasteiger partial charge < -0.3 is 24.2 Å². The minimum Gasteiger partial charge on any atom is -0.462 e. The maximum atomic E-state index is 12.9. The number of hydrogen-bond acceptors (Lipinski definition) is 10. The maximum Gasteiger partial charge on any atom is 0.472 e. The molecule has 0 saturated carbocycles. The Morgan fingerprint density at radius 1 is 0.382 bits per heavy atom. The first-order chi connectivity index (χ1) is 37.2. The van der Waals surface area contributed by atoms with Crippen molar-refractivity contribution in [2.24, 2.45) is 0 Å². The van der Waals surface area contributed by atoms with Crippen LogP contribution in [-0.4, -0.2) is 66.5 Å². The van der Waals surface area contributed by atoms with Gasteiger partial charge in [0.2, 0.25) is 0 Å². The molecule has 0 rings (SSSR count). The Bertz CT molecular complexity index is 1600. The van der Waals surface area contributed by atoms with E-state index in [0.717, 1.165) is 135 Å². The first kappa shape index (κ1) is 72.7. The molecule has 0 saturated heterocycles.